The number of hydrogen-bond donors (Lipinski definition) is 3. The fourth-order valence-corrected chi connectivity index (χ4v) is 8.05. The fourth-order valence-electron chi connectivity index (χ4n) is 8.05. The monoisotopic (exact) mass is 1140 g/mol. The number of ether oxygens (including phenoxy) is 12. The van der Waals surface area contributed by atoms with Crippen LogP contribution in [0.4, 0.5) is 0 Å². The maximum atomic E-state index is 13.5. The summed E-state index contributed by atoms with van der Waals surface area (Å²) in [4.78, 5) is 76.4. The summed E-state index contributed by atoms with van der Waals surface area (Å²) in [7, 11) is 0. The van der Waals surface area contributed by atoms with Crippen molar-refractivity contribution in [1.29, 1.82) is 0 Å². The van der Waals surface area contributed by atoms with Crippen LogP contribution in [-0.4, -0.2) is 216 Å². The minimum Gasteiger partial charge on any atom is -0.481 e. The summed E-state index contributed by atoms with van der Waals surface area (Å²) < 4.78 is 66.0. The molecule has 0 unspecified atom stereocenters. The third-order valence-electron chi connectivity index (χ3n) is 12.6. The predicted octanol–water partition coefficient (Wildman–Crippen LogP) is 6.28. The molecule has 1 aliphatic rings. The van der Waals surface area contributed by atoms with Crippen molar-refractivity contribution in [2.75, 3.05) is 165 Å². The van der Waals surface area contributed by atoms with Crippen LogP contribution in [-0.2, 0) is 90.4 Å². The van der Waals surface area contributed by atoms with E-state index < -0.39 is 41.0 Å². The quantitative estimate of drug-likeness (QED) is 0.0343. The van der Waals surface area contributed by atoms with Gasteiger partial charge in [0.1, 0.15) is 5.41 Å². The molecule has 1 atom stereocenters. The smallest absolute Gasteiger partial charge is 0.335 e. The van der Waals surface area contributed by atoms with Gasteiger partial charge in [0.25, 0.3) is 11.8 Å². The number of hydroxylamine groups is 2. The Morgan fingerprint density at radius 1 is 0.405 bits per heavy atom. The standard InChI is InChI=1S/C56H102N2O21/c1-2-3-4-5-6-8-11-14-17-23-56(55(65)66,24-18-15-12-9-7-10-13-16-19-52(61)62)54(64)57-25-27-68-29-31-70-33-35-72-37-39-74-41-43-76-45-47-78-49-48-77-46-44-75-42-40-73-38-36-71-34-32-69-30-28-67-26-22-53(63)79-58-50(59)20-21-51(58)60/h2-49H2,1H3,(H,57,64)(H,61,62)(H,65,66)/t56-/m0/s1. The number of rotatable bonds is 63. The number of carboxylic acids is 2. The summed E-state index contributed by atoms with van der Waals surface area (Å²) in [5.74, 6) is -3.99. The van der Waals surface area contributed by atoms with Gasteiger partial charge in [0.2, 0.25) is 5.91 Å². The van der Waals surface area contributed by atoms with Crippen LogP contribution >= 0.6 is 0 Å². The van der Waals surface area contributed by atoms with Crippen LogP contribution in [0.15, 0.2) is 0 Å². The van der Waals surface area contributed by atoms with E-state index in [2.05, 4.69) is 12.2 Å². The average molecular weight is 1140 g/mol. The summed E-state index contributed by atoms with van der Waals surface area (Å²) in [6, 6.07) is 0. The van der Waals surface area contributed by atoms with Crippen molar-refractivity contribution in [2.24, 2.45) is 5.41 Å². The van der Waals surface area contributed by atoms with E-state index in [1.54, 1.807) is 0 Å². The van der Waals surface area contributed by atoms with E-state index in [4.69, 9.17) is 66.8 Å². The minimum absolute atomic E-state index is 0.0491. The first-order valence-electron chi connectivity index (χ1n) is 29.4. The maximum Gasteiger partial charge on any atom is 0.335 e. The number of imide groups is 1. The molecular formula is C56H102N2O21. The van der Waals surface area contributed by atoms with Gasteiger partial charge in [-0.2, -0.15) is 0 Å². The molecule has 0 spiro atoms. The van der Waals surface area contributed by atoms with Gasteiger partial charge in [-0.25, -0.2) is 4.79 Å². The fraction of sp³-hybridized carbons (Fsp3) is 0.893. The molecule has 1 aliphatic heterocycles. The zero-order valence-corrected chi connectivity index (χ0v) is 48.0. The zero-order chi connectivity index (χ0) is 57.4. The number of carboxylic acid groups (broad SMARTS) is 2. The first-order chi connectivity index (χ1) is 38.6. The van der Waals surface area contributed by atoms with Gasteiger partial charge in [-0.3, -0.25) is 24.0 Å². The number of carbonyl (C=O) groups is 6. The summed E-state index contributed by atoms with van der Waals surface area (Å²) in [5, 5.41) is 22.6. The summed E-state index contributed by atoms with van der Waals surface area (Å²) >= 11 is 0. The number of amides is 3. The normalized spacial score (nSPS) is 13.4. The van der Waals surface area contributed by atoms with Crippen molar-refractivity contribution >= 4 is 35.6 Å². The van der Waals surface area contributed by atoms with Gasteiger partial charge in [-0.15, -0.1) is 5.06 Å². The molecule has 462 valence electrons. The van der Waals surface area contributed by atoms with Gasteiger partial charge in [0.15, 0.2) is 0 Å². The van der Waals surface area contributed by atoms with Gasteiger partial charge in [-0.05, 0) is 19.3 Å². The predicted molar refractivity (Wildman–Crippen MR) is 290 cm³/mol. The highest BCUT2D eigenvalue weighted by atomic mass is 16.7. The Kier molecular flexibility index (Phi) is 51.3. The van der Waals surface area contributed by atoms with Crippen LogP contribution < -0.4 is 5.32 Å². The molecule has 0 aromatic heterocycles. The number of carbonyl (C=O) groups excluding carboxylic acids is 4. The molecule has 3 N–H and O–H groups in total. The van der Waals surface area contributed by atoms with Crippen molar-refractivity contribution in [3.8, 4) is 0 Å². The summed E-state index contributed by atoms with van der Waals surface area (Å²) in [5.41, 5.74) is -1.45. The molecule has 1 heterocycles. The third kappa shape index (κ3) is 44.8. The Bertz CT molecular complexity index is 1480. The van der Waals surface area contributed by atoms with Gasteiger partial charge >= 0.3 is 17.9 Å². The molecule has 79 heavy (non-hydrogen) atoms. The summed E-state index contributed by atoms with van der Waals surface area (Å²) in [6.45, 7) is 11.8. The summed E-state index contributed by atoms with van der Waals surface area (Å²) in [6.07, 6.45) is 18.0. The van der Waals surface area contributed by atoms with Crippen molar-refractivity contribution < 1.29 is 101 Å². The number of nitrogens with zero attached hydrogens (tertiary/aromatic N) is 1. The molecule has 1 rings (SSSR count). The van der Waals surface area contributed by atoms with Gasteiger partial charge in [-0.1, -0.05) is 110 Å². The average Bonchev–Trinajstić information content (AvgIpc) is 3.74. The van der Waals surface area contributed by atoms with Crippen LogP contribution in [0.1, 0.15) is 155 Å². The molecule has 23 nitrogen and oxygen atoms in total. The molecule has 0 aliphatic carbocycles. The van der Waals surface area contributed by atoms with Crippen LogP contribution in [0, 0.1) is 5.41 Å². The van der Waals surface area contributed by atoms with Crippen LogP contribution in [0.5, 0.6) is 0 Å². The second-order valence-corrected chi connectivity index (χ2v) is 19.1. The number of aliphatic carboxylic acids is 2. The van der Waals surface area contributed by atoms with E-state index in [0.717, 1.165) is 57.8 Å². The van der Waals surface area contributed by atoms with Crippen LogP contribution in [0.25, 0.3) is 0 Å². The minimum atomic E-state index is -1.45. The second kappa shape index (κ2) is 55.1. The van der Waals surface area contributed by atoms with Crippen LogP contribution in [0.3, 0.4) is 0 Å². The Hall–Kier alpha value is -3.46. The molecule has 0 radical (unpaired) electrons. The largest absolute Gasteiger partial charge is 0.481 e. The van der Waals surface area contributed by atoms with Gasteiger partial charge < -0.3 is 77.2 Å². The van der Waals surface area contributed by atoms with E-state index in [-0.39, 0.29) is 52.0 Å². The number of unbranched alkanes of at least 4 members (excludes halogenated alkanes) is 15. The Balaban J connectivity index is 1.90. The second-order valence-electron chi connectivity index (χ2n) is 19.1. The van der Waals surface area contributed by atoms with Gasteiger partial charge in [0.05, 0.1) is 165 Å². The highest BCUT2D eigenvalue weighted by molar-refractivity contribution is 6.02. The molecule has 1 fully saturated rings. The SMILES string of the molecule is CCCCCCCCCCC[C@@](CCCCCCCCCCC(=O)O)(C(=O)O)C(=O)NCCOCCOCCOCCOCCOCCOCCOCCOCCOCCOCCOCCOCCC(=O)ON1C(=O)CCC1=O. The van der Waals surface area contributed by atoms with Crippen LogP contribution in [0.2, 0.25) is 0 Å². The third-order valence-corrected chi connectivity index (χ3v) is 12.6. The lowest BCUT2D eigenvalue weighted by molar-refractivity contribution is -0.198. The lowest BCUT2D eigenvalue weighted by Crippen LogP contribution is -2.47. The van der Waals surface area contributed by atoms with Crippen molar-refractivity contribution in [1.82, 2.24) is 10.4 Å². The Labute approximate surface area is 470 Å². The molecule has 0 aromatic rings. The molecule has 0 aromatic carbocycles. The Morgan fingerprint density at radius 3 is 1.01 bits per heavy atom. The first kappa shape index (κ1) is 73.6. The van der Waals surface area contributed by atoms with E-state index >= 15 is 0 Å². The maximum absolute atomic E-state index is 13.5. The van der Waals surface area contributed by atoms with E-state index in [1.807, 2.05) is 0 Å². The lowest BCUT2D eigenvalue weighted by atomic mass is 9.76. The topological polar surface area (TPSA) is 278 Å². The van der Waals surface area contributed by atoms with E-state index in [1.165, 1.54) is 32.1 Å². The van der Waals surface area contributed by atoms with Crippen molar-refractivity contribution in [2.45, 2.75) is 155 Å². The van der Waals surface area contributed by atoms with Crippen molar-refractivity contribution in [3.63, 3.8) is 0 Å². The van der Waals surface area contributed by atoms with E-state index in [9.17, 15) is 33.9 Å². The molecule has 0 saturated carbocycles. The lowest BCUT2D eigenvalue weighted by Gasteiger charge is -2.28. The molecule has 1 saturated heterocycles. The highest BCUT2D eigenvalue weighted by Crippen LogP contribution is 2.33. The van der Waals surface area contributed by atoms with Crippen molar-refractivity contribution in [3.05, 3.63) is 0 Å². The Morgan fingerprint density at radius 2 is 0.696 bits per heavy atom. The first-order valence-corrected chi connectivity index (χ1v) is 29.4. The van der Waals surface area contributed by atoms with Gasteiger partial charge in [0, 0.05) is 25.8 Å². The molecule has 0 bridgehead atoms. The molecule has 3 amide bonds. The number of nitrogens with one attached hydrogen (secondary N) is 1. The number of hydrogen-bond acceptors (Lipinski definition) is 19. The zero-order valence-electron chi connectivity index (χ0n) is 48.0. The van der Waals surface area contributed by atoms with E-state index in [0.29, 0.717) is 176 Å². The highest BCUT2D eigenvalue weighted by Gasteiger charge is 2.44. The molecule has 23 heteroatoms. The molecular weight excluding hydrogens is 1040 g/mol.